The number of carbonyl (C=O) groups is 1. The Morgan fingerprint density at radius 2 is 1.83 bits per heavy atom. The van der Waals surface area contributed by atoms with E-state index in [1.165, 1.54) is 5.56 Å². The summed E-state index contributed by atoms with van der Waals surface area (Å²) in [5.41, 5.74) is 2.13. The lowest BCUT2D eigenvalue weighted by Crippen LogP contribution is -2.51. The molecule has 0 unspecified atom stereocenters. The standard InChI is InChI=1S/C18H22N4O/c1-2-15-6-8-16(9-7-15)20-18(23)22-13-11-21(12-14-22)17-5-3-4-10-19-17/h3-10H,2,11-14H2,1H3,(H,20,23)/p+1. The summed E-state index contributed by atoms with van der Waals surface area (Å²) < 4.78 is 0. The van der Waals surface area contributed by atoms with Gasteiger partial charge in [-0.05, 0) is 30.2 Å². The van der Waals surface area contributed by atoms with E-state index in [2.05, 4.69) is 40.3 Å². The molecule has 5 nitrogen and oxygen atoms in total. The Kier molecular flexibility index (Phi) is 4.76. The van der Waals surface area contributed by atoms with Crippen LogP contribution in [-0.4, -0.2) is 37.1 Å². The van der Waals surface area contributed by atoms with Gasteiger partial charge in [-0.1, -0.05) is 25.1 Å². The molecule has 2 aromatic rings. The summed E-state index contributed by atoms with van der Waals surface area (Å²) in [4.78, 5) is 19.7. The minimum atomic E-state index is -0.0223. The van der Waals surface area contributed by atoms with E-state index in [1.54, 1.807) is 0 Å². The van der Waals surface area contributed by atoms with Gasteiger partial charge in [-0.25, -0.2) is 9.78 Å². The topological polar surface area (TPSA) is 49.7 Å². The van der Waals surface area contributed by atoms with E-state index in [1.807, 2.05) is 35.4 Å². The normalized spacial score (nSPS) is 14.7. The summed E-state index contributed by atoms with van der Waals surface area (Å²) in [6, 6.07) is 14.1. The zero-order chi connectivity index (χ0) is 16.1. The molecule has 1 aromatic carbocycles. The number of benzene rings is 1. The molecule has 0 radical (unpaired) electrons. The Morgan fingerprint density at radius 3 is 2.43 bits per heavy atom. The van der Waals surface area contributed by atoms with Gasteiger partial charge in [-0.3, -0.25) is 4.90 Å². The third kappa shape index (κ3) is 3.80. The van der Waals surface area contributed by atoms with Crippen molar-refractivity contribution in [2.75, 3.05) is 36.4 Å². The third-order valence-corrected chi connectivity index (χ3v) is 4.21. The van der Waals surface area contributed by atoms with Crippen LogP contribution in [0.4, 0.5) is 16.3 Å². The van der Waals surface area contributed by atoms with Gasteiger partial charge in [0.1, 0.15) is 13.1 Å². The fourth-order valence-electron chi connectivity index (χ4n) is 2.76. The third-order valence-electron chi connectivity index (χ3n) is 4.21. The molecular weight excluding hydrogens is 288 g/mol. The molecule has 1 aliphatic heterocycles. The Bertz CT molecular complexity index is 634. The second-order valence-corrected chi connectivity index (χ2v) is 5.70. The molecule has 2 heterocycles. The first-order chi connectivity index (χ1) is 11.3. The number of aromatic nitrogens is 1. The van der Waals surface area contributed by atoms with Crippen molar-refractivity contribution >= 4 is 17.5 Å². The lowest BCUT2D eigenvalue weighted by Gasteiger charge is -2.31. The fraction of sp³-hybridized carbons (Fsp3) is 0.333. The molecule has 0 bridgehead atoms. The molecule has 1 aliphatic rings. The molecule has 2 N–H and O–H groups in total. The maximum Gasteiger partial charge on any atom is 0.322 e. The predicted octanol–water partition coefficient (Wildman–Crippen LogP) is 2.42. The van der Waals surface area contributed by atoms with Gasteiger partial charge in [0.15, 0.2) is 0 Å². The summed E-state index contributed by atoms with van der Waals surface area (Å²) in [6.45, 7) is 5.24. The average Bonchev–Trinajstić information content (AvgIpc) is 2.63. The molecule has 1 aromatic heterocycles. The van der Waals surface area contributed by atoms with Gasteiger partial charge in [0.25, 0.3) is 5.82 Å². The lowest BCUT2D eigenvalue weighted by molar-refractivity contribution is -0.364. The van der Waals surface area contributed by atoms with Crippen LogP contribution in [-0.2, 0) is 6.42 Å². The molecule has 0 saturated carbocycles. The molecule has 3 rings (SSSR count). The number of urea groups is 1. The van der Waals surface area contributed by atoms with Crippen LogP contribution in [0.15, 0.2) is 48.7 Å². The molecule has 120 valence electrons. The smallest absolute Gasteiger partial charge is 0.317 e. The molecule has 1 saturated heterocycles. The van der Waals surface area contributed by atoms with Crippen LogP contribution in [0, 0.1) is 0 Å². The van der Waals surface area contributed by atoms with E-state index >= 15 is 0 Å². The van der Waals surface area contributed by atoms with Crippen LogP contribution in [0.25, 0.3) is 0 Å². The minimum absolute atomic E-state index is 0.0223. The van der Waals surface area contributed by atoms with Crippen LogP contribution in [0.3, 0.4) is 0 Å². The number of hydrogen-bond donors (Lipinski definition) is 1. The number of nitrogens with one attached hydrogen (secondary N) is 2. The number of piperazine rings is 1. The van der Waals surface area contributed by atoms with Gasteiger partial charge in [-0.2, -0.15) is 0 Å². The second-order valence-electron chi connectivity index (χ2n) is 5.70. The highest BCUT2D eigenvalue weighted by Crippen LogP contribution is 2.13. The number of aromatic amines is 1. The van der Waals surface area contributed by atoms with E-state index in [0.29, 0.717) is 0 Å². The first-order valence-electron chi connectivity index (χ1n) is 8.13. The summed E-state index contributed by atoms with van der Waals surface area (Å²) in [7, 11) is 0. The van der Waals surface area contributed by atoms with E-state index in [-0.39, 0.29) is 6.03 Å². The number of amides is 2. The zero-order valence-electron chi connectivity index (χ0n) is 13.5. The lowest BCUT2D eigenvalue weighted by atomic mass is 10.1. The number of H-pyrrole nitrogens is 1. The summed E-state index contributed by atoms with van der Waals surface area (Å²) in [5, 5.41) is 2.98. The Morgan fingerprint density at radius 1 is 1.09 bits per heavy atom. The van der Waals surface area contributed by atoms with Crippen LogP contribution >= 0.6 is 0 Å². The largest absolute Gasteiger partial charge is 0.322 e. The highest BCUT2D eigenvalue weighted by molar-refractivity contribution is 5.89. The molecule has 1 fully saturated rings. The maximum atomic E-state index is 12.4. The van der Waals surface area contributed by atoms with Gasteiger partial charge in [0, 0.05) is 11.8 Å². The summed E-state index contributed by atoms with van der Waals surface area (Å²) in [5.74, 6) is 1.10. The van der Waals surface area contributed by atoms with Gasteiger partial charge >= 0.3 is 6.03 Å². The number of rotatable bonds is 3. The number of pyridine rings is 1. The van der Waals surface area contributed by atoms with Gasteiger partial charge in [-0.15, -0.1) is 0 Å². The number of carbonyl (C=O) groups excluding carboxylic acids is 1. The Hall–Kier alpha value is -2.56. The fourth-order valence-corrected chi connectivity index (χ4v) is 2.76. The number of aryl methyl sites for hydroxylation is 1. The average molecular weight is 311 g/mol. The first kappa shape index (κ1) is 15.3. The van der Waals surface area contributed by atoms with Crippen molar-refractivity contribution in [3.8, 4) is 0 Å². The number of anilines is 2. The van der Waals surface area contributed by atoms with Crippen molar-refractivity contribution in [2.24, 2.45) is 0 Å². The van der Waals surface area contributed by atoms with E-state index in [4.69, 9.17) is 0 Å². The van der Waals surface area contributed by atoms with Crippen LogP contribution in [0.2, 0.25) is 0 Å². The highest BCUT2D eigenvalue weighted by Gasteiger charge is 2.25. The maximum absolute atomic E-state index is 12.4. The van der Waals surface area contributed by atoms with Crippen molar-refractivity contribution in [1.82, 2.24) is 4.90 Å². The van der Waals surface area contributed by atoms with Gasteiger partial charge in [0.2, 0.25) is 0 Å². The van der Waals surface area contributed by atoms with Gasteiger partial charge < -0.3 is 10.2 Å². The van der Waals surface area contributed by atoms with Gasteiger partial charge in [0.05, 0.1) is 19.3 Å². The van der Waals surface area contributed by atoms with Crippen molar-refractivity contribution < 1.29 is 9.78 Å². The summed E-state index contributed by atoms with van der Waals surface area (Å²) >= 11 is 0. The van der Waals surface area contributed by atoms with Crippen LogP contribution in [0.1, 0.15) is 12.5 Å². The molecule has 23 heavy (non-hydrogen) atoms. The minimum Gasteiger partial charge on any atom is -0.317 e. The van der Waals surface area contributed by atoms with Crippen molar-refractivity contribution in [3.05, 3.63) is 54.2 Å². The van der Waals surface area contributed by atoms with Crippen LogP contribution in [0.5, 0.6) is 0 Å². The molecule has 2 amide bonds. The number of hydrogen-bond acceptors (Lipinski definition) is 2. The molecule has 5 heteroatoms. The highest BCUT2D eigenvalue weighted by atomic mass is 16.2. The SMILES string of the molecule is CCc1ccc(NC(=O)N2CCN(c3cccc[nH+]3)CC2)cc1. The van der Waals surface area contributed by atoms with Crippen LogP contribution < -0.4 is 15.2 Å². The quantitative estimate of drug-likeness (QED) is 0.946. The zero-order valence-corrected chi connectivity index (χ0v) is 13.5. The number of nitrogens with zero attached hydrogens (tertiary/aromatic N) is 2. The molecule has 0 aliphatic carbocycles. The molecule has 0 atom stereocenters. The molecular formula is C18H23N4O+. The Labute approximate surface area is 136 Å². The van der Waals surface area contributed by atoms with Crippen molar-refractivity contribution in [1.29, 1.82) is 0 Å². The van der Waals surface area contributed by atoms with Crippen molar-refractivity contribution in [2.45, 2.75) is 13.3 Å². The van der Waals surface area contributed by atoms with E-state index in [9.17, 15) is 4.79 Å². The predicted molar refractivity (Wildman–Crippen MR) is 91.6 cm³/mol. The molecule has 0 spiro atoms. The second kappa shape index (κ2) is 7.13. The summed E-state index contributed by atoms with van der Waals surface area (Å²) in [6.07, 6.45) is 2.93. The first-order valence-corrected chi connectivity index (χ1v) is 8.13. The Balaban J connectivity index is 1.53. The van der Waals surface area contributed by atoms with Crippen molar-refractivity contribution in [3.63, 3.8) is 0 Å². The van der Waals surface area contributed by atoms with E-state index < -0.39 is 0 Å². The van der Waals surface area contributed by atoms with E-state index in [0.717, 1.165) is 44.1 Å². The monoisotopic (exact) mass is 311 g/mol.